The molecule has 0 spiro atoms. The van der Waals surface area contributed by atoms with Crippen LogP contribution < -0.4 is 10.9 Å². The van der Waals surface area contributed by atoms with E-state index in [1.54, 1.807) is 12.1 Å². The maximum atomic E-state index is 12.3. The van der Waals surface area contributed by atoms with Gasteiger partial charge in [0.2, 0.25) is 0 Å². The Morgan fingerprint density at radius 1 is 1.38 bits per heavy atom. The average molecular weight is 348 g/mol. The number of carbonyl (C=O) groups is 1. The van der Waals surface area contributed by atoms with E-state index in [-0.39, 0.29) is 17.5 Å². The minimum Gasteiger partial charge on any atom is -0.349 e. The van der Waals surface area contributed by atoms with Gasteiger partial charge in [0, 0.05) is 16.6 Å². The lowest BCUT2D eigenvalue weighted by molar-refractivity contribution is 0.0932. The number of aromatic nitrogens is 2. The Kier molecular flexibility index (Phi) is 3.88. The number of aromatic amines is 1. The molecule has 1 aromatic carbocycles. The highest BCUT2D eigenvalue weighted by Crippen LogP contribution is 2.20. The second-order valence-corrected chi connectivity index (χ2v) is 5.95. The van der Waals surface area contributed by atoms with Gasteiger partial charge in [-0.1, -0.05) is 12.1 Å². The van der Waals surface area contributed by atoms with Crippen molar-refractivity contribution in [2.45, 2.75) is 25.3 Å². The van der Waals surface area contributed by atoms with E-state index in [0.29, 0.717) is 12.0 Å². The predicted molar refractivity (Wildman–Crippen MR) is 82.3 cm³/mol. The van der Waals surface area contributed by atoms with E-state index in [0.717, 1.165) is 28.6 Å². The molecule has 1 aliphatic carbocycles. The molecule has 0 unspecified atom stereocenters. The van der Waals surface area contributed by atoms with Crippen LogP contribution in [0.3, 0.4) is 0 Å². The van der Waals surface area contributed by atoms with Crippen LogP contribution in [-0.4, -0.2) is 22.1 Å². The van der Waals surface area contributed by atoms with Crippen molar-refractivity contribution in [3.8, 4) is 0 Å². The van der Waals surface area contributed by atoms with E-state index in [2.05, 4.69) is 31.4 Å². The zero-order chi connectivity index (χ0) is 14.8. The van der Waals surface area contributed by atoms with Crippen molar-refractivity contribution >= 4 is 21.8 Å². The summed E-state index contributed by atoms with van der Waals surface area (Å²) in [5.74, 6) is -0.103. The number of hydrogen-bond acceptors (Lipinski definition) is 3. The van der Waals surface area contributed by atoms with E-state index in [1.807, 2.05) is 18.2 Å². The smallest absolute Gasteiger partial charge is 0.264 e. The molecular weight excluding hydrogens is 334 g/mol. The van der Waals surface area contributed by atoms with Crippen LogP contribution in [0.1, 0.15) is 28.0 Å². The van der Waals surface area contributed by atoms with Crippen molar-refractivity contribution in [2.24, 2.45) is 0 Å². The summed E-state index contributed by atoms with van der Waals surface area (Å²) in [5, 5.41) is 9.52. The molecule has 0 bridgehead atoms. The van der Waals surface area contributed by atoms with Gasteiger partial charge in [-0.05, 0) is 52.9 Å². The fourth-order valence-electron chi connectivity index (χ4n) is 2.57. The van der Waals surface area contributed by atoms with E-state index in [4.69, 9.17) is 0 Å². The van der Waals surface area contributed by atoms with Crippen LogP contribution in [0, 0.1) is 0 Å². The van der Waals surface area contributed by atoms with E-state index in [9.17, 15) is 9.59 Å². The third-order valence-corrected chi connectivity index (χ3v) is 4.32. The molecule has 0 fully saturated rings. The number of nitrogens with zero attached hydrogens (tertiary/aromatic N) is 1. The minimum atomic E-state index is -0.202. The van der Waals surface area contributed by atoms with Crippen molar-refractivity contribution in [3.05, 3.63) is 62.0 Å². The van der Waals surface area contributed by atoms with Crippen molar-refractivity contribution in [1.82, 2.24) is 15.5 Å². The van der Waals surface area contributed by atoms with E-state index in [1.165, 1.54) is 0 Å². The number of benzene rings is 1. The molecule has 0 radical (unpaired) electrons. The number of nitrogens with one attached hydrogen (secondary N) is 2. The molecule has 0 saturated heterocycles. The molecule has 2 aromatic rings. The highest BCUT2D eigenvalue weighted by atomic mass is 79.9. The lowest BCUT2D eigenvalue weighted by Crippen LogP contribution is -2.39. The Bertz CT molecular complexity index is 742. The van der Waals surface area contributed by atoms with Crippen molar-refractivity contribution < 1.29 is 4.79 Å². The molecule has 1 atom stereocenters. The maximum absolute atomic E-state index is 12.3. The second kappa shape index (κ2) is 5.81. The van der Waals surface area contributed by atoms with Gasteiger partial charge < -0.3 is 5.32 Å². The molecule has 1 heterocycles. The van der Waals surface area contributed by atoms with Gasteiger partial charge in [-0.3, -0.25) is 9.59 Å². The zero-order valence-electron chi connectivity index (χ0n) is 11.2. The molecule has 2 N–H and O–H groups in total. The predicted octanol–water partition coefficient (Wildman–Crippen LogP) is 1.82. The van der Waals surface area contributed by atoms with Crippen LogP contribution in [-0.2, 0) is 12.8 Å². The average Bonchev–Trinajstić information content (AvgIpc) is 2.47. The van der Waals surface area contributed by atoms with Crippen LogP contribution in [0.2, 0.25) is 0 Å². The fraction of sp³-hybridized carbons (Fsp3) is 0.267. The topological polar surface area (TPSA) is 74.8 Å². The monoisotopic (exact) mass is 347 g/mol. The van der Waals surface area contributed by atoms with Gasteiger partial charge >= 0.3 is 0 Å². The van der Waals surface area contributed by atoms with Crippen LogP contribution in [0.4, 0.5) is 0 Å². The first-order valence-electron chi connectivity index (χ1n) is 6.76. The Labute approximate surface area is 129 Å². The Balaban J connectivity index is 1.74. The lowest BCUT2D eigenvalue weighted by atomic mass is 9.92. The van der Waals surface area contributed by atoms with Gasteiger partial charge in [-0.15, -0.1) is 0 Å². The molecule has 0 saturated carbocycles. The molecular formula is C15H14BrN3O2. The van der Waals surface area contributed by atoms with Gasteiger partial charge in [0.25, 0.3) is 11.5 Å². The van der Waals surface area contributed by atoms with Crippen molar-refractivity contribution in [3.63, 3.8) is 0 Å². The highest BCUT2D eigenvalue weighted by Gasteiger charge is 2.22. The summed E-state index contributed by atoms with van der Waals surface area (Å²) in [6, 6.07) is 8.92. The van der Waals surface area contributed by atoms with Crippen LogP contribution in [0.15, 0.2) is 39.6 Å². The molecule has 1 aromatic heterocycles. The minimum absolute atomic E-state index is 0.0284. The summed E-state index contributed by atoms with van der Waals surface area (Å²) in [6.45, 7) is 0. The third-order valence-electron chi connectivity index (χ3n) is 3.63. The molecule has 21 heavy (non-hydrogen) atoms. The van der Waals surface area contributed by atoms with Gasteiger partial charge in [0.1, 0.15) is 0 Å². The summed E-state index contributed by atoms with van der Waals surface area (Å²) >= 11 is 3.38. The molecule has 108 valence electrons. The maximum Gasteiger partial charge on any atom is 0.264 e. The van der Waals surface area contributed by atoms with Gasteiger partial charge in [-0.25, -0.2) is 5.10 Å². The normalized spacial score (nSPS) is 17.1. The first-order chi connectivity index (χ1) is 10.1. The summed E-state index contributed by atoms with van der Waals surface area (Å²) in [6.07, 6.45) is 2.22. The Hall–Kier alpha value is -1.95. The molecule has 0 aliphatic heterocycles. The number of halogens is 1. The molecule has 3 rings (SSSR count). The molecule has 6 heteroatoms. The van der Waals surface area contributed by atoms with E-state index >= 15 is 0 Å². The van der Waals surface area contributed by atoms with E-state index < -0.39 is 0 Å². The SMILES string of the molecule is O=C(N[C@H]1CCc2n[nH]c(=O)cc2C1)c1ccccc1Br. The molecule has 1 aliphatic rings. The summed E-state index contributed by atoms with van der Waals surface area (Å²) < 4.78 is 0.775. The second-order valence-electron chi connectivity index (χ2n) is 5.10. The first kappa shape index (κ1) is 14.0. The van der Waals surface area contributed by atoms with Crippen molar-refractivity contribution in [1.29, 1.82) is 0 Å². The first-order valence-corrected chi connectivity index (χ1v) is 7.55. The fourth-order valence-corrected chi connectivity index (χ4v) is 3.04. The van der Waals surface area contributed by atoms with Gasteiger partial charge in [-0.2, -0.15) is 5.10 Å². The number of amides is 1. The van der Waals surface area contributed by atoms with Crippen LogP contribution >= 0.6 is 15.9 Å². The zero-order valence-corrected chi connectivity index (χ0v) is 12.8. The lowest BCUT2D eigenvalue weighted by Gasteiger charge is -2.24. The van der Waals surface area contributed by atoms with Gasteiger partial charge in [0.05, 0.1) is 11.3 Å². The van der Waals surface area contributed by atoms with Crippen molar-refractivity contribution in [2.75, 3.05) is 0 Å². The number of fused-ring (bicyclic) bond motifs is 1. The summed E-state index contributed by atoms with van der Waals surface area (Å²) in [7, 11) is 0. The molecule has 1 amide bonds. The standard InChI is InChI=1S/C15H14BrN3O2/c16-12-4-2-1-3-11(12)15(21)17-10-5-6-13-9(7-10)8-14(20)19-18-13/h1-4,8,10H,5-7H2,(H,17,21)(H,19,20)/t10-/m0/s1. The largest absolute Gasteiger partial charge is 0.349 e. The number of hydrogen-bond donors (Lipinski definition) is 2. The highest BCUT2D eigenvalue weighted by molar-refractivity contribution is 9.10. The quantitative estimate of drug-likeness (QED) is 0.869. The number of aryl methyl sites for hydroxylation is 1. The van der Waals surface area contributed by atoms with Gasteiger partial charge in [0.15, 0.2) is 0 Å². The number of H-pyrrole nitrogens is 1. The summed E-state index contributed by atoms with van der Waals surface area (Å²) in [4.78, 5) is 23.6. The Morgan fingerprint density at radius 3 is 3.00 bits per heavy atom. The number of rotatable bonds is 2. The van der Waals surface area contributed by atoms with Crippen LogP contribution in [0.5, 0.6) is 0 Å². The molecule has 5 nitrogen and oxygen atoms in total. The summed E-state index contributed by atoms with van der Waals surface area (Å²) in [5.41, 5.74) is 2.25. The third kappa shape index (κ3) is 3.05. The number of carbonyl (C=O) groups excluding carboxylic acids is 1. The van der Waals surface area contributed by atoms with Crippen LogP contribution in [0.25, 0.3) is 0 Å². The Morgan fingerprint density at radius 2 is 2.19 bits per heavy atom.